The summed E-state index contributed by atoms with van der Waals surface area (Å²) in [5.41, 5.74) is 0.0403. The summed E-state index contributed by atoms with van der Waals surface area (Å²) in [5, 5.41) is 13.7. The first-order valence-electron chi connectivity index (χ1n) is 6.17. The number of aromatic carboxylic acids is 1. The van der Waals surface area contributed by atoms with Gasteiger partial charge in [0.1, 0.15) is 5.01 Å². The van der Waals surface area contributed by atoms with E-state index in [0.29, 0.717) is 23.9 Å². The number of thiazole rings is 1. The van der Waals surface area contributed by atoms with E-state index in [1.165, 1.54) is 16.7 Å². The maximum Gasteiger partial charge on any atom is 0.355 e. The van der Waals surface area contributed by atoms with Crippen LogP contribution in [0.3, 0.4) is 0 Å². The molecule has 5 nitrogen and oxygen atoms in total. The lowest BCUT2D eigenvalue weighted by Crippen LogP contribution is -2.26. The van der Waals surface area contributed by atoms with Gasteiger partial charge in [-0.05, 0) is 30.3 Å². The number of hydrogen-bond acceptors (Lipinski definition) is 5. The monoisotopic (exact) mass is 300 g/mol. The molecule has 1 aromatic heterocycles. The van der Waals surface area contributed by atoms with E-state index in [2.05, 4.69) is 10.3 Å². The number of carboxylic acids is 1. The molecule has 1 saturated heterocycles. The van der Waals surface area contributed by atoms with E-state index in [1.807, 2.05) is 11.8 Å². The third-order valence-corrected chi connectivity index (χ3v) is 4.92. The second-order valence-corrected chi connectivity index (χ2v) is 6.64. The third-order valence-electron chi connectivity index (χ3n) is 3.02. The minimum atomic E-state index is -1.03. The minimum absolute atomic E-state index is 0.0315. The van der Waals surface area contributed by atoms with Crippen molar-refractivity contribution in [1.29, 1.82) is 0 Å². The van der Waals surface area contributed by atoms with Gasteiger partial charge < -0.3 is 10.4 Å². The Morgan fingerprint density at radius 1 is 1.42 bits per heavy atom. The van der Waals surface area contributed by atoms with Gasteiger partial charge in [-0.1, -0.05) is 0 Å². The van der Waals surface area contributed by atoms with Gasteiger partial charge in [-0.3, -0.25) is 4.79 Å². The average Bonchev–Trinajstić information content (AvgIpc) is 2.86. The van der Waals surface area contributed by atoms with Gasteiger partial charge in [0.15, 0.2) is 5.69 Å². The fourth-order valence-corrected chi connectivity index (χ4v) is 3.86. The molecule has 0 spiro atoms. The highest BCUT2D eigenvalue weighted by Crippen LogP contribution is 2.25. The van der Waals surface area contributed by atoms with Gasteiger partial charge in [-0.25, -0.2) is 9.78 Å². The number of nitrogens with one attached hydrogen (secondary N) is 1. The third kappa shape index (κ3) is 4.50. The van der Waals surface area contributed by atoms with E-state index in [0.717, 1.165) is 24.3 Å². The van der Waals surface area contributed by atoms with Crippen LogP contribution in [0, 0.1) is 5.92 Å². The standard InChI is InChI=1S/C12H16N2O3S2/c15-10(5-8-1-3-18-4-2-8)13-6-11-14-9(7-19-11)12(16)17/h7-8H,1-6H2,(H,13,15)(H,16,17). The molecule has 1 aliphatic rings. The first kappa shape index (κ1) is 14.3. The van der Waals surface area contributed by atoms with Gasteiger partial charge in [0.2, 0.25) is 5.91 Å². The summed E-state index contributed by atoms with van der Waals surface area (Å²) in [6.07, 6.45) is 2.79. The lowest BCUT2D eigenvalue weighted by atomic mass is 9.98. The number of rotatable bonds is 5. The second-order valence-electron chi connectivity index (χ2n) is 4.47. The van der Waals surface area contributed by atoms with Crippen molar-refractivity contribution in [3.8, 4) is 0 Å². The molecule has 0 aromatic carbocycles. The molecule has 7 heteroatoms. The average molecular weight is 300 g/mol. The number of amides is 1. The molecule has 0 bridgehead atoms. The molecule has 0 unspecified atom stereocenters. The fourth-order valence-electron chi connectivity index (χ4n) is 1.95. The molecule has 1 aromatic rings. The smallest absolute Gasteiger partial charge is 0.355 e. The molecule has 104 valence electrons. The number of thioether (sulfide) groups is 1. The van der Waals surface area contributed by atoms with Crippen LogP contribution in [0.1, 0.15) is 34.8 Å². The van der Waals surface area contributed by atoms with Crippen LogP contribution in [0.2, 0.25) is 0 Å². The lowest BCUT2D eigenvalue weighted by molar-refractivity contribution is -0.122. The van der Waals surface area contributed by atoms with Gasteiger partial charge in [0, 0.05) is 11.8 Å². The molecule has 2 N–H and O–H groups in total. The maximum atomic E-state index is 11.8. The maximum absolute atomic E-state index is 11.8. The Balaban J connectivity index is 1.74. The van der Waals surface area contributed by atoms with Crippen LogP contribution in [0.5, 0.6) is 0 Å². The first-order valence-corrected chi connectivity index (χ1v) is 8.20. The highest BCUT2D eigenvalue weighted by atomic mass is 32.2. The van der Waals surface area contributed by atoms with Crippen molar-refractivity contribution in [2.75, 3.05) is 11.5 Å². The molecule has 19 heavy (non-hydrogen) atoms. The van der Waals surface area contributed by atoms with Gasteiger partial charge in [0.05, 0.1) is 6.54 Å². The molecule has 1 aliphatic heterocycles. The molecule has 1 fully saturated rings. The van der Waals surface area contributed by atoms with E-state index in [-0.39, 0.29) is 11.6 Å². The van der Waals surface area contributed by atoms with E-state index >= 15 is 0 Å². The van der Waals surface area contributed by atoms with E-state index in [4.69, 9.17) is 5.11 Å². The van der Waals surface area contributed by atoms with Crippen LogP contribution in [0.15, 0.2) is 5.38 Å². The van der Waals surface area contributed by atoms with Crippen molar-refractivity contribution in [3.63, 3.8) is 0 Å². The molecular weight excluding hydrogens is 284 g/mol. The number of carboxylic acid groups (broad SMARTS) is 1. The predicted octanol–water partition coefficient (Wildman–Crippen LogP) is 1.99. The first-order chi connectivity index (χ1) is 9.15. The number of carbonyl (C=O) groups is 2. The van der Waals surface area contributed by atoms with E-state index < -0.39 is 5.97 Å². The van der Waals surface area contributed by atoms with Crippen LogP contribution in [0.4, 0.5) is 0 Å². The Morgan fingerprint density at radius 2 is 2.16 bits per heavy atom. The molecule has 0 atom stereocenters. The van der Waals surface area contributed by atoms with E-state index in [9.17, 15) is 9.59 Å². The number of hydrogen-bond donors (Lipinski definition) is 2. The predicted molar refractivity (Wildman–Crippen MR) is 75.6 cm³/mol. The van der Waals surface area contributed by atoms with Crippen molar-refractivity contribution in [3.05, 3.63) is 16.1 Å². The SMILES string of the molecule is O=C(CC1CCSCC1)NCc1nc(C(=O)O)cs1. The van der Waals surface area contributed by atoms with Crippen LogP contribution in [0.25, 0.3) is 0 Å². The Kier molecular flexibility index (Phi) is 5.21. The van der Waals surface area contributed by atoms with E-state index in [1.54, 1.807) is 0 Å². The van der Waals surface area contributed by atoms with Crippen molar-refractivity contribution in [2.45, 2.75) is 25.8 Å². The largest absolute Gasteiger partial charge is 0.476 e. The number of aromatic nitrogens is 1. The van der Waals surface area contributed by atoms with Crippen molar-refractivity contribution in [1.82, 2.24) is 10.3 Å². The molecule has 2 rings (SSSR count). The molecule has 1 amide bonds. The zero-order chi connectivity index (χ0) is 13.7. The zero-order valence-corrected chi connectivity index (χ0v) is 12.1. The molecule has 0 radical (unpaired) electrons. The van der Waals surface area contributed by atoms with Crippen LogP contribution < -0.4 is 5.32 Å². The summed E-state index contributed by atoms with van der Waals surface area (Å²) in [6.45, 7) is 0.318. The minimum Gasteiger partial charge on any atom is -0.476 e. The number of nitrogens with zero attached hydrogens (tertiary/aromatic N) is 1. The zero-order valence-electron chi connectivity index (χ0n) is 10.4. The highest BCUT2D eigenvalue weighted by molar-refractivity contribution is 7.99. The molecule has 0 aliphatic carbocycles. The quantitative estimate of drug-likeness (QED) is 0.869. The fraction of sp³-hybridized carbons (Fsp3) is 0.583. The van der Waals surface area contributed by atoms with Crippen molar-refractivity contribution < 1.29 is 14.7 Å². The molecular formula is C12H16N2O3S2. The van der Waals surface area contributed by atoms with Gasteiger partial charge in [-0.2, -0.15) is 11.8 Å². The highest BCUT2D eigenvalue weighted by Gasteiger charge is 2.17. The summed E-state index contributed by atoms with van der Waals surface area (Å²) in [4.78, 5) is 26.4. The summed E-state index contributed by atoms with van der Waals surface area (Å²) in [6, 6.07) is 0. The Morgan fingerprint density at radius 3 is 2.79 bits per heavy atom. The lowest BCUT2D eigenvalue weighted by Gasteiger charge is -2.20. The van der Waals surface area contributed by atoms with Crippen molar-refractivity contribution in [2.24, 2.45) is 5.92 Å². The second kappa shape index (κ2) is 6.91. The van der Waals surface area contributed by atoms with Crippen LogP contribution in [-0.4, -0.2) is 33.5 Å². The molecule has 2 heterocycles. The Labute approximate surface area is 119 Å². The van der Waals surface area contributed by atoms with Gasteiger partial charge >= 0.3 is 5.97 Å². The van der Waals surface area contributed by atoms with Crippen LogP contribution >= 0.6 is 23.1 Å². The molecule has 0 saturated carbocycles. The summed E-state index contributed by atoms with van der Waals surface area (Å²) in [5.74, 6) is 1.78. The summed E-state index contributed by atoms with van der Waals surface area (Å²) in [7, 11) is 0. The summed E-state index contributed by atoms with van der Waals surface area (Å²) < 4.78 is 0. The van der Waals surface area contributed by atoms with Gasteiger partial charge in [-0.15, -0.1) is 11.3 Å². The summed E-state index contributed by atoms with van der Waals surface area (Å²) >= 11 is 3.20. The Hall–Kier alpha value is -1.08. The number of carbonyl (C=O) groups excluding carboxylic acids is 1. The topological polar surface area (TPSA) is 79.3 Å². The van der Waals surface area contributed by atoms with Crippen LogP contribution in [-0.2, 0) is 11.3 Å². The van der Waals surface area contributed by atoms with Gasteiger partial charge in [0.25, 0.3) is 0 Å². The Bertz CT molecular complexity index is 456. The normalized spacial score (nSPS) is 16.2. The van der Waals surface area contributed by atoms with Crippen molar-refractivity contribution >= 4 is 35.0 Å².